The molecule has 1 aliphatic heterocycles. The van der Waals surface area contributed by atoms with Crippen LogP contribution in [0.1, 0.15) is 37.0 Å². The van der Waals surface area contributed by atoms with Gasteiger partial charge in [0, 0.05) is 12.0 Å². The number of esters is 1. The molecule has 0 saturated heterocycles. The zero-order valence-electron chi connectivity index (χ0n) is 18.3. The quantitative estimate of drug-likeness (QED) is 0.570. The van der Waals surface area contributed by atoms with E-state index in [1.807, 2.05) is 49.4 Å². The van der Waals surface area contributed by atoms with Crippen molar-refractivity contribution in [2.24, 2.45) is 4.99 Å². The molecule has 0 spiro atoms. The van der Waals surface area contributed by atoms with Gasteiger partial charge in [-0.1, -0.05) is 66.7 Å². The summed E-state index contributed by atoms with van der Waals surface area (Å²) >= 11 is 1.05. The van der Waals surface area contributed by atoms with Gasteiger partial charge in [-0.05, 0) is 31.6 Å². The number of amides is 1. The van der Waals surface area contributed by atoms with Gasteiger partial charge < -0.3 is 14.6 Å². The predicted molar refractivity (Wildman–Crippen MR) is 127 cm³/mol. The fourth-order valence-electron chi connectivity index (χ4n) is 3.02. The molecule has 6 nitrogen and oxygen atoms in total. The summed E-state index contributed by atoms with van der Waals surface area (Å²) < 4.78 is 11.1. The Morgan fingerprint density at radius 1 is 1.12 bits per heavy atom. The zero-order chi connectivity index (χ0) is 23.1. The molecule has 0 aromatic heterocycles. The van der Waals surface area contributed by atoms with E-state index in [0.29, 0.717) is 17.3 Å². The summed E-state index contributed by atoms with van der Waals surface area (Å²) in [7, 11) is 0. The van der Waals surface area contributed by atoms with Crippen molar-refractivity contribution in [3.63, 3.8) is 0 Å². The third-order valence-corrected chi connectivity index (χ3v) is 5.60. The highest BCUT2D eigenvalue weighted by Gasteiger charge is 2.33. The van der Waals surface area contributed by atoms with Crippen molar-refractivity contribution >= 4 is 34.8 Å². The lowest BCUT2D eigenvalue weighted by Crippen LogP contribution is -2.14. The number of aliphatic imine (C=N–C) groups is 1. The first-order valence-electron chi connectivity index (χ1n) is 10.3. The molecular weight excluding hydrogens is 426 g/mol. The summed E-state index contributed by atoms with van der Waals surface area (Å²) in [6.45, 7) is 5.91. The molecule has 0 fully saturated rings. The van der Waals surface area contributed by atoms with Crippen LogP contribution < -0.4 is 4.74 Å². The zero-order valence-corrected chi connectivity index (χ0v) is 19.1. The summed E-state index contributed by atoms with van der Waals surface area (Å²) in [6.07, 6.45) is 1.90. The first-order valence-corrected chi connectivity index (χ1v) is 11.1. The molecule has 2 aromatic carbocycles. The number of para-hydroxylation sites is 1. The monoisotopic (exact) mass is 451 g/mol. The molecule has 0 aliphatic carbocycles. The number of aryl methyl sites for hydroxylation is 1. The highest BCUT2D eigenvalue weighted by molar-refractivity contribution is 8.18. The topological polar surface area (TPSA) is 85.2 Å². The number of ether oxygens (including phenoxy) is 2. The molecule has 1 N–H and O–H groups in total. The summed E-state index contributed by atoms with van der Waals surface area (Å²) in [5.41, 5.74) is 2.82. The number of carbonyl (C=O) groups excluding carboxylic acids is 2. The number of aliphatic hydroxyl groups is 1. The second kappa shape index (κ2) is 10.8. The van der Waals surface area contributed by atoms with Gasteiger partial charge in [0.25, 0.3) is 0 Å². The van der Waals surface area contributed by atoms with E-state index < -0.39 is 5.97 Å². The molecule has 166 valence electrons. The van der Waals surface area contributed by atoms with Crippen molar-refractivity contribution in [1.29, 1.82) is 0 Å². The van der Waals surface area contributed by atoms with E-state index in [9.17, 15) is 14.7 Å². The lowest BCUT2D eigenvalue weighted by molar-refractivity contribution is -0.138. The highest BCUT2D eigenvalue weighted by Crippen LogP contribution is 2.40. The maximum atomic E-state index is 12.4. The standard InChI is InChI=1S/C25H25NO5S/c1-4-21(27)26-24-22(25(29)30-5-2)23(28)20(32-24)14-18-11-6-7-12-19(18)31-15-17-10-8-9-16(3)13-17/h6-14,28H,4-5,15H2,1-3H3/b20-14-,26-24?. The molecule has 0 unspecified atom stereocenters. The highest BCUT2D eigenvalue weighted by atomic mass is 32.2. The van der Waals surface area contributed by atoms with Crippen molar-refractivity contribution in [2.45, 2.75) is 33.8 Å². The molecule has 1 amide bonds. The Bertz CT molecular complexity index is 1120. The van der Waals surface area contributed by atoms with Gasteiger partial charge in [0.15, 0.2) is 0 Å². The van der Waals surface area contributed by atoms with Crippen molar-refractivity contribution in [3.05, 3.63) is 81.5 Å². The maximum Gasteiger partial charge on any atom is 0.344 e. The Hall–Kier alpha value is -3.32. The average Bonchev–Trinajstić information content (AvgIpc) is 3.07. The molecule has 0 saturated carbocycles. The van der Waals surface area contributed by atoms with Gasteiger partial charge in [0.2, 0.25) is 5.91 Å². The molecule has 7 heteroatoms. The van der Waals surface area contributed by atoms with Crippen LogP contribution in [0.2, 0.25) is 0 Å². The van der Waals surface area contributed by atoms with E-state index >= 15 is 0 Å². The first-order chi connectivity index (χ1) is 15.4. The molecule has 1 aliphatic rings. The van der Waals surface area contributed by atoms with E-state index in [0.717, 1.165) is 28.5 Å². The largest absolute Gasteiger partial charge is 0.506 e. The molecule has 0 bridgehead atoms. The van der Waals surface area contributed by atoms with Crippen molar-refractivity contribution in [2.75, 3.05) is 6.61 Å². The van der Waals surface area contributed by atoms with E-state index in [2.05, 4.69) is 11.1 Å². The lowest BCUT2D eigenvalue weighted by Gasteiger charge is -2.10. The number of hydrogen-bond acceptors (Lipinski definition) is 6. The fourth-order valence-corrected chi connectivity index (χ4v) is 4.04. The summed E-state index contributed by atoms with van der Waals surface area (Å²) in [6, 6.07) is 15.5. The minimum absolute atomic E-state index is 0.0944. The van der Waals surface area contributed by atoms with E-state index in [1.54, 1.807) is 19.9 Å². The molecule has 1 heterocycles. The van der Waals surface area contributed by atoms with Crippen LogP contribution in [0.3, 0.4) is 0 Å². The van der Waals surface area contributed by atoms with Gasteiger partial charge >= 0.3 is 5.97 Å². The Labute approximate surface area is 191 Å². The number of benzene rings is 2. The minimum atomic E-state index is -0.715. The van der Waals surface area contributed by atoms with Crippen LogP contribution >= 0.6 is 11.8 Å². The van der Waals surface area contributed by atoms with E-state index in [-0.39, 0.29) is 35.3 Å². The molecule has 0 atom stereocenters. The SMILES string of the molecule is CCOC(=O)C1=C(O)/C(=C/c2ccccc2OCc2cccc(C)c2)SC1=NC(=O)CC. The second-order valence-corrected chi connectivity index (χ2v) is 8.07. The maximum absolute atomic E-state index is 12.4. The van der Waals surface area contributed by atoms with E-state index in [4.69, 9.17) is 9.47 Å². The number of rotatable bonds is 7. The number of nitrogens with zero attached hydrogens (tertiary/aromatic N) is 1. The smallest absolute Gasteiger partial charge is 0.344 e. The Morgan fingerprint density at radius 3 is 2.62 bits per heavy atom. The van der Waals surface area contributed by atoms with Crippen molar-refractivity contribution < 1.29 is 24.2 Å². The average molecular weight is 452 g/mol. The number of carbonyl (C=O) groups is 2. The van der Waals surface area contributed by atoms with Gasteiger partial charge in [-0.15, -0.1) is 0 Å². The van der Waals surface area contributed by atoms with Crippen LogP contribution in [0.5, 0.6) is 5.75 Å². The molecular formula is C25H25NO5S. The van der Waals surface area contributed by atoms with Gasteiger partial charge in [-0.25, -0.2) is 9.79 Å². The van der Waals surface area contributed by atoms with Crippen molar-refractivity contribution in [1.82, 2.24) is 0 Å². The number of aliphatic hydroxyl groups excluding tert-OH is 1. The summed E-state index contributed by atoms with van der Waals surface area (Å²) in [4.78, 5) is 28.6. The van der Waals surface area contributed by atoms with Crippen LogP contribution in [0.4, 0.5) is 0 Å². The first kappa shape index (κ1) is 23.3. The van der Waals surface area contributed by atoms with Gasteiger partial charge in [-0.3, -0.25) is 4.79 Å². The van der Waals surface area contributed by atoms with Gasteiger partial charge in [0.05, 0.1) is 11.5 Å². The lowest BCUT2D eigenvalue weighted by atomic mass is 10.1. The normalized spacial score (nSPS) is 16.0. The molecule has 2 aromatic rings. The van der Waals surface area contributed by atoms with Crippen LogP contribution in [0.15, 0.2) is 69.8 Å². The van der Waals surface area contributed by atoms with Crippen molar-refractivity contribution in [3.8, 4) is 5.75 Å². The van der Waals surface area contributed by atoms with Crippen LogP contribution in [0.25, 0.3) is 6.08 Å². The minimum Gasteiger partial charge on any atom is -0.506 e. The summed E-state index contributed by atoms with van der Waals surface area (Å²) in [5.74, 6) is -0.732. The van der Waals surface area contributed by atoms with Crippen LogP contribution in [-0.4, -0.2) is 28.6 Å². The van der Waals surface area contributed by atoms with Gasteiger partial charge in [-0.2, -0.15) is 0 Å². The number of thioether (sulfide) groups is 1. The van der Waals surface area contributed by atoms with Gasteiger partial charge in [0.1, 0.15) is 28.7 Å². The Balaban J connectivity index is 1.92. The third kappa shape index (κ3) is 5.68. The number of hydrogen-bond donors (Lipinski definition) is 1. The van der Waals surface area contributed by atoms with Crippen LogP contribution in [-0.2, 0) is 20.9 Å². The Morgan fingerprint density at radius 2 is 1.91 bits per heavy atom. The molecule has 32 heavy (non-hydrogen) atoms. The van der Waals surface area contributed by atoms with E-state index in [1.165, 1.54) is 0 Å². The Kier molecular flexibility index (Phi) is 7.89. The second-order valence-electron chi connectivity index (χ2n) is 7.03. The summed E-state index contributed by atoms with van der Waals surface area (Å²) in [5, 5.41) is 10.9. The fraction of sp³-hybridized carbons (Fsp3) is 0.240. The third-order valence-electron chi connectivity index (χ3n) is 4.58. The molecule has 3 rings (SSSR count). The van der Waals surface area contributed by atoms with Crippen LogP contribution in [0, 0.1) is 6.92 Å². The molecule has 0 radical (unpaired) electrons. The predicted octanol–water partition coefficient (Wildman–Crippen LogP) is 5.37.